The number of benzene rings is 1. The van der Waals surface area contributed by atoms with Gasteiger partial charge in [-0.05, 0) is 18.6 Å². The molecule has 0 aliphatic carbocycles. The van der Waals surface area contributed by atoms with Crippen LogP contribution in [0.1, 0.15) is 16.1 Å². The third-order valence-electron chi connectivity index (χ3n) is 2.47. The number of aromatic nitrogens is 1. The molecule has 0 saturated heterocycles. The lowest BCUT2D eigenvalue weighted by Gasteiger charge is -1.99. The van der Waals surface area contributed by atoms with E-state index in [0.29, 0.717) is 10.9 Å². The number of hydrogen-bond donors (Lipinski definition) is 1. The van der Waals surface area contributed by atoms with E-state index in [0.717, 1.165) is 6.07 Å². The van der Waals surface area contributed by atoms with Gasteiger partial charge in [-0.3, -0.25) is 0 Å². The fraction of sp³-hybridized carbons (Fsp3) is 0.182. The van der Waals surface area contributed by atoms with Crippen LogP contribution in [0.5, 0.6) is 0 Å². The summed E-state index contributed by atoms with van der Waals surface area (Å²) in [5, 5.41) is 0.472. The lowest BCUT2D eigenvalue weighted by molar-refractivity contribution is 0.0595. The number of esters is 1. The Bertz CT molecular complexity index is 575. The van der Waals surface area contributed by atoms with Gasteiger partial charge in [0.05, 0.1) is 7.11 Å². The van der Waals surface area contributed by atoms with Crippen molar-refractivity contribution < 1.29 is 18.3 Å². The Morgan fingerprint density at radius 2 is 2.06 bits per heavy atom. The first-order chi connectivity index (χ1) is 7.54. The molecule has 3 nitrogen and oxygen atoms in total. The SMILES string of the molecule is COC(=O)c1cc2c(C)c(F)c(F)cc2[nH]1. The Morgan fingerprint density at radius 1 is 1.38 bits per heavy atom. The number of methoxy groups -OCH3 is 1. The maximum absolute atomic E-state index is 13.2. The predicted molar refractivity (Wildman–Crippen MR) is 54.3 cm³/mol. The molecule has 0 aliphatic rings. The first-order valence-electron chi connectivity index (χ1n) is 4.60. The zero-order valence-corrected chi connectivity index (χ0v) is 8.73. The minimum absolute atomic E-state index is 0.168. The maximum Gasteiger partial charge on any atom is 0.354 e. The smallest absolute Gasteiger partial charge is 0.354 e. The highest BCUT2D eigenvalue weighted by Gasteiger charge is 2.15. The van der Waals surface area contributed by atoms with E-state index in [9.17, 15) is 13.6 Å². The van der Waals surface area contributed by atoms with Gasteiger partial charge in [-0.2, -0.15) is 0 Å². The quantitative estimate of drug-likeness (QED) is 0.758. The zero-order valence-electron chi connectivity index (χ0n) is 8.73. The van der Waals surface area contributed by atoms with Crippen LogP contribution in [0.3, 0.4) is 0 Å². The molecule has 0 aliphatic heterocycles. The number of aromatic amines is 1. The van der Waals surface area contributed by atoms with Gasteiger partial charge in [-0.15, -0.1) is 0 Å². The lowest BCUT2D eigenvalue weighted by Crippen LogP contribution is -2.00. The van der Waals surface area contributed by atoms with Crippen molar-refractivity contribution in [3.05, 3.63) is 35.0 Å². The van der Waals surface area contributed by atoms with Crippen LogP contribution in [0.25, 0.3) is 10.9 Å². The Hall–Kier alpha value is -1.91. The van der Waals surface area contributed by atoms with Gasteiger partial charge >= 0.3 is 5.97 Å². The molecular weight excluding hydrogens is 216 g/mol. The normalized spacial score (nSPS) is 10.8. The standard InChI is InChI=1S/C11H9F2NO2/c1-5-6-3-9(11(15)16-2)14-8(6)4-7(12)10(5)13/h3-4,14H,1-2H3. The maximum atomic E-state index is 13.2. The number of carbonyl (C=O) groups is 1. The Balaban J connectivity index is 2.71. The summed E-state index contributed by atoms with van der Waals surface area (Å²) in [6, 6.07) is 2.46. The van der Waals surface area contributed by atoms with E-state index in [1.54, 1.807) is 0 Å². The van der Waals surface area contributed by atoms with Gasteiger partial charge in [0.2, 0.25) is 0 Å². The van der Waals surface area contributed by atoms with Crippen molar-refractivity contribution in [1.82, 2.24) is 4.98 Å². The van der Waals surface area contributed by atoms with Crippen molar-refractivity contribution >= 4 is 16.9 Å². The van der Waals surface area contributed by atoms with Crippen LogP contribution in [0, 0.1) is 18.6 Å². The Kier molecular flexibility index (Phi) is 2.38. The molecule has 0 saturated carbocycles. The molecule has 1 aromatic carbocycles. The van der Waals surface area contributed by atoms with Gasteiger partial charge in [-0.25, -0.2) is 13.6 Å². The Morgan fingerprint density at radius 3 is 2.69 bits per heavy atom. The molecule has 1 N–H and O–H groups in total. The number of carbonyl (C=O) groups excluding carboxylic acids is 1. The largest absolute Gasteiger partial charge is 0.464 e. The molecule has 2 rings (SSSR count). The summed E-state index contributed by atoms with van der Waals surface area (Å²) in [6.07, 6.45) is 0. The number of ether oxygens (including phenoxy) is 1. The van der Waals surface area contributed by atoms with E-state index in [-0.39, 0.29) is 11.3 Å². The third-order valence-corrected chi connectivity index (χ3v) is 2.47. The minimum atomic E-state index is -0.941. The molecular formula is C11H9F2NO2. The topological polar surface area (TPSA) is 42.1 Å². The van der Waals surface area contributed by atoms with Crippen molar-refractivity contribution in [3.8, 4) is 0 Å². The summed E-state index contributed by atoms with van der Waals surface area (Å²) in [5.74, 6) is -2.41. The second-order valence-corrected chi connectivity index (χ2v) is 3.43. The molecule has 0 bridgehead atoms. The van der Waals surface area contributed by atoms with Crippen LogP contribution < -0.4 is 0 Å². The van der Waals surface area contributed by atoms with Crippen LogP contribution in [-0.4, -0.2) is 18.1 Å². The van der Waals surface area contributed by atoms with Crippen molar-refractivity contribution in [3.63, 3.8) is 0 Å². The number of H-pyrrole nitrogens is 1. The average molecular weight is 225 g/mol. The molecule has 5 heteroatoms. The van der Waals surface area contributed by atoms with Crippen molar-refractivity contribution in [2.45, 2.75) is 6.92 Å². The number of fused-ring (bicyclic) bond motifs is 1. The first-order valence-corrected chi connectivity index (χ1v) is 4.60. The molecule has 0 amide bonds. The summed E-state index contributed by atoms with van der Waals surface area (Å²) >= 11 is 0. The molecule has 0 spiro atoms. The molecule has 1 heterocycles. The van der Waals surface area contributed by atoms with E-state index in [4.69, 9.17) is 0 Å². The van der Waals surface area contributed by atoms with E-state index in [1.807, 2.05) is 0 Å². The fourth-order valence-corrected chi connectivity index (χ4v) is 1.60. The van der Waals surface area contributed by atoms with Crippen LogP contribution in [0.15, 0.2) is 12.1 Å². The predicted octanol–water partition coefficient (Wildman–Crippen LogP) is 2.54. The summed E-state index contributed by atoms with van der Waals surface area (Å²) in [7, 11) is 1.24. The van der Waals surface area contributed by atoms with E-state index in [2.05, 4.69) is 9.72 Å². The van der Waals surface area contributed by atoms with Crippen molar-refractivity contribution in [2.75, 3.05) is 7.11 Å². The number of rotatable bonds is 1. The molecule has 16 heavy (non-hydrogen) atoms. The highest BCUT2D eigenvalue weighted by Crippen LogP contribution is 2.24. The molecule has 0 unspecified atom stereocenters. The third kappa shape index (κ3) is 1.44. The van der Waals surface area contributed by atoms with E-state index < -0.39 is 17.6 Å². The molecule has 2 aromatic rings. The van der Waals surface area contributed by atoms with Gasteiger partial charge in [0, 0.05) is 17.0 Å². The number of halogens is 2. The molecule has 84 valence electrons. The van der Waals surface area contributed by atoms with Crippen LogP contribution >= 0.6 is 0 Å². The van der Waals surface area contributed by atoms with E-state index in [1.165, 1.54) is 20.1 Å². The second-order valence-electron chi connectivity index (χ2n) is 3.43. The molecule has 0 atom stereocenters. The second kappa shape index (κ2) is 3.59. The summed E-state index contributed by atoms with van der Waals surface area (Å²) < 4.78 is 30.8. The molecule has 0 fully saturated rings. The average Bonchev–Trinajstić information content (AvgIpc) is 2.69. The summed E-state index contributed by atoms with van der Waals surface area (Å²) in [4.78, 5) is 13.9. The van der Waals surface area contributed by atoms with E-state index >= 15 is 0 Å². The number of hydrogen-bond acceptors (Lipinski definition) is 2. The molecule has 0 radical (unpaired) electrons. The van der Waals surface area contributed by atoms with Gasteiger partial charge < -0.3 is 9.72 Å². The van der Waals surface area contributed by atoms with Crippen LogP contribution in [-0.2, 0) is 4.74 Å². The lowest BCUT2D eigenvalue weighted by atomic mass is 10.1. The highest BCUT2D eigenvalue weighted by atomic mass is 19.2. The zero-order chi connectivity index (χ0) is 11.9. The van der Waals surface area contributed by atoms with Gasteiger partial charge in [0.15, 0.2) is 11.6 Å². The van der Waals surface area contributed by atoms with Gasteiger partial charge in [-0.1, -0.05) is 0 Å². The van der Waals surface area contributed by atoms with Crippen LogP contribution in [0.4, 0.5) is 8.78 Å². The fourth-order valence-electron chi connectivity index (χ4n) is 1.60. The monoisotopic (exact) mass is 225 g/mol. The van der Waals surface area contributed by atoms with Crippen molar-refractivity contribution in [2.24, 2.45) is 0 Å². The molecule has 1 aromatic heterocycles. The first kappa shape index (κ1) is 10.6. The number of nitrogens with one attached hydrogen (secondary N) is 1. The van der Waals surface area contributed by atoms with Gasteiger partial charge in [0.25, 0.3) is 0 Å². The number of aryl methyl sites for hydroxylation is 1. The highest BCUT2D eigenvalue weighted by molar-refractivity contribution is 5.95. The summed E-state index contributed by atoms with van der Waals surface area (Å²) in [6.45, 7) is 1.45. The minimum Gasteiger partial charge on any atom is -0.464 e. The van der Waals surface area contributed by atoms with Crippen molar-refractivity contribution in [1.29, 1.82) is 0 Å². The van der Waals surface area contributed by atoms with Crippen LogP contribution in [0.2, 0.25) is 0 Å². The van der Waals surface area contributed by atoms with Gasteiger partial charge in [0.1, 0.15) is 5.69 Å². The summed E-state index contributed by atoms with van der Waals surface area (Å²) in [5.41, 5.74) is 0.712. The Labute approximate surface area is 90.0 Å².